The topological polar surface area (TPSA) is 78.9 Å². The Hall–Kier alpha value is -2.24. The Kier molecular flexibility index (Phi) is 8.09. The maximum atomic E-state index is 12.4. The van der Waals surface area contributed by atoms with E-state index in [0.717, 1.165) is 17.7 Å². The molecule has 0 aliphatic rings. The first-order chi connectivity index (χ1) is 11.3. The van der Waals surface area contributed by atoms with Crippen molar-refractivity contribution in [2.24, 2.45) is 5.92 Å². The lowest BCUT2D eigenvalue weighted by Crippen LogP contribution is -2.40. The van der Waals surface area contributed by atoms with Gasteiger partial charge in [-0.25, -0.2) is 4.79 Å². The second-order valence-corrected chi connectivity index (χ2v) is 6.17. The summed E-state index contributed by atoms with van der Waals surface area (Å²) in [6.07, 6.45) is 0.691. The van der Waals surface area contributed by atoms with Gasteiger partial charge in [0, 0.05) is 19.2 Å². The number of amides is 2. The molecule has 0 fully saturated rings. The molecular weight excluding hydrogens is 308 g/mol. The second kappa shape index (κ2) is 9.80. The van der Waals surface area contributed by atoms with E-state index in [1.54, 1.807) is 7.05 Å². The smallest absolute Gasteiger partial charge is 0.317 e. The third-order valence-corrected chi connectivity index (χ3v) is 3.61. The van der Waals surface area contributed by atoms with Crippen LogP contribution < -0.4 is 10.1 Å². The minimum atomic E-state index is -0.921. The monoisotopic (exact) mass is 336 g/mol. The van der Waals surface area contributed by atoms with Gasteiger partial charge in [-0.05, 0) is 25.3 Å². The van der Waals surface area contributed by atoms with Crippen LogP contribution in [0.4, 0.5) is 4.79 Å². The highest BCUT2D eigenvalue weighted by atomic mass is 16.5. The van der Waals surface area contributed by atoms with Crippen molar-refractivity contribution >= 4 is 12.0 Å². The molecule has 0 aromatic heterocycles. The van der Waals surface area contributed by atoms with Gasteiger partial charge in [0.15, 0.2) is 0 Å². The maximum absolute atomic E-state index is 12.4. The summed E-state index contributed by atoms with van der Waals surface area (Å²) in [5, 5.41) is 11.7. The Labute approximate surface area is 143 Å². The Morgan fingerprint density at radius 3 is 2.54 bits per heavy atom. The van der Waals surface area contributed by atoms with Gasteiger partial charge in [-0.3, -0.25) is 4.79 Å². The normalized spacial score (nSPS) is 11.9. The zero-order valence-corrected chi connectivity index (χ0v) is 14.9. The number of carbonyl (C=O) groups excluding carboxylic acids is 1. The molecule has 6 heteroatoms. The van der Waals surface area contributed by atoms with Crippen LogP contribution in [0.15, 0.2) is 24.3 Å². The lowest BCUT2D eigenvalue weighted by Gasteiger charge is -2.26. The maximum Gasteiger partial charge on any atom is 0.317 e. The van der Waals surface area contributed by atoms with Crippen molar-refractivity contribution in [3.05, 3.63) is 29.8 Å². The van der Waals surface area contributed by atoms with E-state index < -0.39 is 5.97 Å². The highest BCUT2D eigenvalue weighted by Gasteiger charge is 2.21. The number of nitrogens with one attached hydrogen (secondary N) is 1. The summed E-state index contributed by atoms with van der Waals surface area (Å²) < 4.78 is 5.68. The number of benzene rings is 1. The van der Waals surface area contributed by atoms with E-state index in [-0.39, 0.29) is 25.0 Å². The van der Waals surface area contributed by atoms with Crippen LogP contribution in [0.5, 0.6) is 5.75 Å². The SMILES string of the molecule is CCOc1ccccc1C(CC(C)C)NC(=O)N(C)CCC(=O)O. The Bertz CT molecular complexity index is 546. The molecule has 0 radical (unpaired) electrons. The van der Waals surface area contributed by atoms with Crippen LogP contribution in [-0.2, 0) is 4.79 Å². The number of hydrogen-bond acceptors (Lipinski definition) is 3. The molecule has 1 atom stereocenters. The van der Waals surface area contributed by atoms with Crippen LogP contribution in [0.1, 0.15) is 45.2 Å². The first kappa shape index (κ1) is 19.8. The van der Waals surface area contributed by atoms with Gasteiger partial charge < -0.3 is 20.1 Å². The molecule has 1 aromatic rings. The molecule has 0 heterocycles. The number of rotatable bonds is 9. The fourth-order valence-electron chi connectivity index (χ4n) is 2.41. The zero-order chi connectivity index (χ0) is 18.1. The highest BCUT2D eigenvalue weighted by molar-refractivity contribution is 5.75. The lowest BCUT2D eigenvalue weighted by molar-refractivity contribution is -0.137. The molecule has 6 nitrogen and oxygen atoms in total. The van der Waals surface area contributed by atoms with E-state index in [2.05, 4.69) is 19.2 Å². The fraction of sp³-hybridized carbons (Fsp3) is 0.556. The van der Waals surface area contributed by atoms with Crippen molar-refractivity contribution in [2.45, 2.75) is 39.7 Å². The number of carbonyl (C=O) groups is 2. The van der Waals surface area contributed by atoms with Crippen LogP contribution in [0.3, 0.4) is 0 Å². The van der Waals surface area contributed by atoms with E-state index in [1.165, 1.54) is 4.90 Å². The molecule has 0 aliphatic carbocycles. The summed E-state index contributed by atoms with van der Waals surface area (Å²) in [6, 6.07) is 7.20. The van der Waals surface area contributed by atoms with Gasteiger partial charge in [-0.2, -0.15) is 0 Å². The second-order valence-electron chi connectivity index (χ2n) is 6.17. The van der Waals surface area contributed by atoms with E-state index in [9.17, 15) is 9.59 Å². The minimum absolute atomic E-state index is 0.0751. The predicted molar refractivity (Wildman–Crippen MR) is 93.2 cm³/mol. The summed E-state index contributed by atoms with van der Waals surface area (Å²) >= 11 is 0. The largest absolute Gasteiger partial charge is 0.494 e. The van der Waals surface area contributed by atoms with Gasteiger partial charge in [-0.15, -0.1) is 0 Å². The van der Waals surface area contributed by atoms with Crippen LogP contribution in [0.2, 0.25) is 0 Å². The van der Waals surface area contributed by atoms with Crippen LogP contribution in [0, 0.1) is 5.92 Å². The van der Waals surface area contributed by atoms with Gasteiger partial charge >= 0.3 is 12.0 Å². The zero-order valence-electron chi connectivity index (χ0n) is 14.9. The van der Waals surface area contributed by atoms with E-state index in [1.807, 2.05) is 31.2 Å². The minimum Gasteiger partial charge on any atom is -0.494 e. The van der Waals surface area contributed by atoms with E-state index in [4.69, 9.17) is 9.84 Å². The van der Waals surface area contributed by atoms with Crippen LogP contribution >= 0.6 is 0 Å². The Balaban J connectivity index is 2.89. The molecule has 2 N–H and O–H groups in total. The first-order valence-electron chi connectivity index (χ1n) is 8.30. The van der Waals surface area contributed by atoms with E-state index in [0.29, 0.717) is 12.5 Å². The Morgan fingerprint density at radius 1 is 1.29 bits per heavy atom. The highest BCUT2D eigenvalue weighted by Crippen LogP contribution is 2.29. The van der Waals surface area contributed by atoms with Gasteiger partial charge in [0.2, 0.25) is 0 Å². The van der Waals surface area contributed by atoms with Crippen LogP contribution in [0.25, 0.3) is 0 Å². The number of nitrogens with zero attached hydrogens (tertiary/aromatic N) is 1. The fourth-order valence-corrected chi connectivity index (χ4v) is 2.41. The molecule has 0 bridgehead atoms. The lowest BCUT2D eigenvalue weighted by atomic mass is 9.96. The molecule has 2 amide bonds. The molecule has 1 aromatic carbocycles. The average molecular weight is 336 g/mol. The molecule has 0 saturated heterocycles. The number of carboxylic acids is 1. The molecule has 1 rings (SSSR count). The van der Waals surface area contributed by atoms with Gasteiger partial charge in [-0.1, -0.05) is 32.0 Å². The van der Waals surface area contributed by atoms with Crippen molar-refractivity contribution in [1.29, 1.82) is 0 Å². The van der Waals surface area contributed by atoms with Crippen molar-refractivity contribution in [2.75, 3.05) is 20.2 Å². The summed E-state index contributed by atoms with van der Waals surface area (Å²) in [6.45, 7) is 6.83. The number of aliphatic carboxylic acids is 1. The molecule has 0 saturated carbocycles. The molecule has 0 spiro atoms. The summed E-state index contributed by atoms with van der Waals surface area (Å²) in [5.41, 5.74) is 0.938. The van der Waals surface area contributed by atoms with Crippen molar-refractivity contribution < 1.29 is 19.4 Å². The molecule has 24 heavy (non-hydrogen) atoms. The van der Waals surface area contributed by atoms with Gasteiger partial charge in [0.05, 0.1) is 19.1 Å². The standard InChI is InChI=1S/C18H28N2O4/c1-5-24-16-9-7-6-8-14(16)15(12-13(2)3)19-18(23)20(4)11-10-17(21)22/h6-9,13,15H,5,10-12H2,1-4H3,(H,19,23)(H,21,22). The first-order valence-corrected chi connectivity index (χ1v) is 8.30. The average Bonchev–Trinajstić information content (AvgIpc) is 2.52. The van der Waals surface area contributed by atoms with Crippen molar-refractivity contribution in [3.63, 3.8) is 0 Å². The number of para-hydroxylation sites is 1. The number of hydrogen-bond donors (Lipinski definition) is 2. The number of urea groups is 1. The van der Waals surface area contributed by atoms with Gasteiger partial charge in [0.25, 0.3) is 0 Å². The summed E-state index contributed by atoms with van der Waals surface area (Å²) in [7, 11) is 1.60. The van der Waals surface area contributed by atoms with Crippen LogP contribution in [-0.4, -0.2) is 42.2 Å². The number of carboxylic acid groups (broad SMARTS) is 1. The van der Waals surface area contributed by atoms with E-state index >= 15 is 0 Å². The predicted octanol–water partition coefficient (Wildman–Crippen LogP) is 3.29. The quantitative estimate of drug-likeness (QED) is 0.725. The molecular formula is C18H28N2O4. The molecule has 0 aliphatic heterocycles. The van der Waals surface area contributed by atoms with Crippen molar-refractivity contribution in [1.82, 2.24) is 10.2 Å². The number of ether oxygens (including phenoxy) is 1. The Morgan fingerprint density at radius 2 is 1.96 bits per heavy atom. The third kappa shape index (κ3) is 6.48. The molecule has 1 unspecified atom stereocenters. The summed E-state index contributed by atoms with van der Waals surface area (Å²) in [4.78, 5) is 24.4. The third-order valence-electron chi connectivity index (χ3n) is 3.61. The van der Waals surface area contributed by atoms with Gasteiger partial charge in [0.1, 0.15) is 5.75 Å². The van der Waals surface area contributed by atoms with Crippen molar-refractivity contribution in [3.8, 4) is 5.75 Å². The summed E-state index contributed by atoms with van der Waals surface area (Å²) in [5.74, 6) is 0.225. The molecule has 134 valence electrons.